The van der Waals surface area contributed by atoms with Crippen molar-refractivity contribution in [3.05, 3.63) is 69.2 Å². The number of hydrogen-bond acceptors (Lipinski definition) is 2. The van der Waals surface area contributed by atoms with Crippen molar-refractivity contribution in [2.24, 2.45) is 0 Å². The third-order valence-electron chi connectivity index (χ3n) is 3.46. The quantitative estimate of drug-likeness (QED) is 0.801. The molecule has 2 rings (SSSR count). The van der Waals surface area contributed by atoms with Gasteiger partial charge in [-0.1, -0.05) is 53.5 Å². The summed E-state index contributed by atoms with van der Waals surface area (Å²) in [6.07, 6.45) is 0. The fraction of sp³-hybridized carbons (Fsp3) is 0.250. The molecule has 0 N–H and O–H groups in total. The zero-order valence-corrected chi connectivity index (χ0v) is 14.7. The molecule has 22 heavy (non-hydrogen) atoms. The van der Waals surface area contributed by atoms with Gasteiger partial charge in [0.1, 0.15) is 0 Å². The van der Waals surface area contributed by atoms with Crippen LogP contribution in [0.5, 0.6) is 0 Å². The maximum absolute atomic E-state index is 12.5. The number of rotatable bonds is 5. The molecule has 0 saturated carbocycles. The Morgan fingerprint density at radius 2 is 1.73 bits per heavy atom. The van der Waals surface area contributed by atoms with Crippen LogP contribution in [0.1, 0.15) is 16.7 Å². The minimum absolute atomic E-state index is 0.105. The van der Waals surface area contributed by atoms with Crippen LogP contribution in [0.15, 0.2) is 42.5 Å². The second-order valence-corrected chi connectivity index (χ2v) is 8.08. The summed E-state index contributed by atoms with van der Waals surface area (Å²) in [4.78, 5) is 0. The van der Waals surface area contributed by atoms with Crippen LogP contribution in [0.2, 0.25) is 10.0 Å². The van der Waals surface area contributed by atoms with Crippen LogP contribution in [-0.2, 0) is 22.3 Å². The van der Waals surface area contributed by atoms with Crippen molar-refractivity contribution in [3.63, 3.8) is 0 Å². The van der Waals surface area contributed by atoms with E-state index in [1.165, 1.54) is 4.31 Å². The molecule has 2 aromatic rings. The molecule has 6 heteroatoms. The summed E-state index contributed by atoms with van der Waals surface area (Å²) in [6, 6.07) is 12.6. The second-order valence-electron chi connectivity index (χ2n) is 5.19. The van der Waals surface area contributed by atoms with Crippen molar-refractivity contribution < 1.29 is 8.42 Å². The molecule has 0 aliphatic carbocycles. The Labute approximate surface area is 141 Å². The predicted molar refractivity (Wildman–Crippen MR) is 91.7 cm³/mol. The number of aryl methyl sites for hydroxylation is 1. The van der Waals surface area contributed by atoms with E-state index in [1.54, 1.807) is 25.2 Å². The molecule has 0 bridgehead atoms. The van der Waals surface area contributed by atoms with Gasteiger partial charge in [-0.3, -0.25) is 0 Å². The Morgan fingerprint density at radius 3 is 2.36 bits per heavy atom. The van der Waals surface area contributed by atoms with Gasteiger partial charge in [-0.25, -0.2) is 12.7 Å². The number of halogens is 2. The Hall–Kier alpha value is -1.07. The monoisotopic (exact) mass is 357 g/mol. The van der Waals surface area contributed by atoms with E-state index >= 15 is 0 Å². The third kappa shape index (κ3) is 4.23. The molecule has 118 valence electrons. The van der Waals surface area contributed by atoms with Gasteiger partial charge in [0, 0.05) is 13.6 Å². The lowest BCUT2D eigenvalue weighted by Crippen LogP contribution is -2.28. The lowest BCUT2D eigenvalue weighted by atomic mass is 10.1. The first-order chi connectivity index (χ1) is 10.3. The van der Waals surface area contributed by atoms with Gasteiger partial charge in [0.2, 0.25) is 10.0 Å². The molecule has 0 fully saturated rings. The van der Waals surface area contributed by atoms with Crippen molar-refractivity contribution in [1.82, 2.24) is 4.31 Å². The maximum Gasteiger partial charge on any atom is 0.218 e. The molecule has 3 nitrogen and oxygen atoms in total. The zero-order chi connectivity index (χ0) is 16.3. The Balaban J connectivity index is 2.15. The number of nitrogens with zero attached hydrogens (tertiary/aromatic N) is 1. The van der Waals surface area contributed by atoms with Crippen molar-refractivity contribution in [1.29, 1.82) is 0 Å². The summed E-state index contributed by atoms with van der Waals surface area (Å²) >= 11 is 11.8. The van der Waals surface area contributed by atoms with Crippen LogP contribution in [-0.4, -0.2) is 19.8 Å². The van der Waals surface area contributed by atoms with Crippen LogP contribution in [0.25, 0.3) is 0 Å². The summed E-state index contributed by atoms with van der Waals surface area (Å²) in [5, 5.41) is 0.770. The highest BCUT2D eigenvalue weighted by Gasteiger charge is 2.19. The van der Waals surface area contributed by atoms with Crippen molar-refractivity contribution in [2.75, 3.05) is 7.05 Å². The summed E-state index contributed by atoms with van der Waals surface area (Å²) < 4.78 is 26.3. The fourth-order valence-corrected chi connectivity index (χ4v) is 3.55. The van der Waals surface area contributed by atoms with Gasteiger partial charge in [-0.2, -0.15) is 0 Å². The van der Waals surface area contributed by atoms with E-state index in [0.29, 0.717) is 22.2 Å². The fourth-order valence-electron chi connectivity index (χ4n) is 2.08. The van der Waals surface area contributed by atoms with E-state index in [2.05, 4.69) is 0 Å². The third-order valence-corrected chi connectivity index (χ3v) is 5.98. The highest BCUT2D eigenvalue weighted by molar-refractivity contribution is 7.88. The Kier molecular flexibility index (Phi) is 5.50. The molecule has 2 aromatic carbocycles. The smallest absolute Gasteiger partial charge is 0.212 e. The zero-order valence-electron chi connectivity index (χ0n) is 12.4. The van der Waals surface area contributed by atoms with Gasteiger partial charge < -0.3 is 0 Å². The molecule has 0 spiro atoms. The molecule has 0 aromatic heterocycles. The van der Waals surface area contributed by atoms with Gasteiger partial charge in [0.15, 0.2) is 0 Å². The topological polar surface area (TPSA) is 37.4 Å². The summed E-state index contributed by atoms with van der Waals surface area (Å²) in [6.45, 7) is 2.31. The number of benzene rings is 2. The molecule has 0 heterocycles. The van der Waals surface area contributed by atoms with E-state index in [-0.39, 0.29) is 5.75 Å². The normalized spacial score (nSPS) is 11.9. The maximum atomic E-state index is 12.5. The first-order valence-electron chi connectivity index (χ1n) is 6.72. The molecular formula is C16H17Cl2NO2S. The van der Waals surface area contributed by atoms with Crippen LogP contribution >= 0.6 is 23.2 Å². The Bertz CT molecular complexity index is 775. The van der Waals surface area contributed by atoms with E-state index < -0.39 is 10.0 Å². The molecule has 0 amide bonds. The molecule has 0 unspecified atom stereocenters. The van der Waals surface area contributed by atoms with Gasteiger partial charge in [0.05, 0.1) is 15.8 Å². The van der Waals surface area contributed by atoms with E-state index in [4.69, 9.17) is 23.2 Å². The lowest BCUT2D eigenvalue weighted by molar-refractivity contribution is 0.465. The van der Waals surface area contributed by atoms with Gasteiger partial charge >= 0.3 is 0 Å². The minimum atomic E-state index is -3.43. The van der Waals surface area contributed by atoms with Crippen LogP contribution in [0.3, 0.4) is 0 Å². The van der Waals surface area contributed by atoms with Crippen molar-refractivity contribution >= 4 is 33.2 Å². The van der Waals surface area contributed by atoms with Gasteiger partial charge in [-0.05, 0) is 35.7 Å². The predicted octanol–water partition coefficient (Wildman–Crippen LogP) is 4.26. The van der Waals surface area contributed by atoms with E-state index in [9.17, 15) is 8.42 Å². The molecule has 0 saturated heterocycles. The van der Waals surface area contributed by atoms with E-state index in [0.717, 1.165) is 11.1 Å². The van der Waals surface area contributed by atoms with E-state index in [1.807, 2.05) is 31.2 Å². The van der Waals surface area contributed by atoms with Crippen LogP contribution in [0, 0.1) is 6.92 Å². The standard InChI is InChI=1S/C16H17Cl2NO2S/c1-12-5-3-4-6-14(12)10-19(2)22(20,21)11-13-7-8-15(17)16(18)9-13/h3-9H,10-11H2,1-2H3. The van der Waals surface area contributed by atoms with Crippen molar-refractivity contribution in [2.45, 2.75) is 19.2 Å². The first-order valence-corrected chi connectivity index (χ1v) is 9.08. The van der Waals surface area contributed by atoms with Gasteiger partial charge in [-0.15, -0.1) is 0 Å². The number of sulfonamides is 1. The molecule has 0 radical (unpaired) electrons. The average Bonchev–Trinajstić information content (AvgIpc) is 2.45. The first kappa shape index (κ1) is 17.3. The largest absolute Gasteiger partial charge is 0.218 e. The molecule has 0 atom stereocenters. The van der Waals surface area contributed by atoms with Gasteiger partial charge in [0.25, 0.3) is 0 Å². The molecule has 0 aliphatic heterocycles. The van der Waals surface area contributed by atoms with Crippen LogP contribution < -0.4 is 0 Å². The highest BCUT2D eigenvalue weighted by atomic mass is 35.5. The van der Waals surface area contributed by atoms with Crippen LogP contribution in [0.4, 0.5) is 0 Å². The summed E-state index contributed by atoms with van der Waals surface area (Å²) in [7, 11) is -1.84. The summed E-state index contributed by atoms with van der Waals surface area (Å²) in [5.74, 6) is -0.105. The summed E-state index contributed by atoms with van der Waals surface area (Å²) in [5.41, 5.74) is 2.67. The Morgan fingerprint density at radius 1 is 1.05 bits per heavy atom. The minimum Gasteiger partial charge on any atom is -0.212 e. The lowest BCUT2D eigenvalue weighted by Gasteiger charge is -2.18. The molecule has 0 aliphatic rings. The second kappa shape index (κ2) is 7.01. The highest BCUT2D eigenvalue weighted by Crippen LogP contribution is 2.24. The average molecular weight is 358 g/mol. The SMILES string of the molecule is Cc1ccccc1CN(C)S(=O)(=O)Cc1ccc(Cl)c(Cl)c1. The van der Waals surface area contributed by atoms with Crippen molar-refractivity contribution in [3.8, 4) is 0 Å². The molecular weight excluding hydrogens is 341 g/mol. The number of hydrogen-bond donors (Lipinski definition) is 0.